The summed E-state index contributed by atoms with van der Waals surface area (Å²) in [5, 5.41) is 10.9. The summed E-state index contributed by atoms with van der Waals surface area (Å²) in [5.74, 6) is 1.16. The molecule has 0 atom stereocenters. The highest BCUT2D eigenvalue weighted by atomic mass is 35.5. The predicted molar refractivity (Wildman–Crippen MR) is 109 cm³/mol. The highest BCUT2D eigenvalue weighted by Gasteiger charge is 2.32. The van der Waals surface area contributed by atoms with Gasteiger partial charge in [0.1, 0.15) is 18.0 Å². The number of carbonyl (C=O) groups excluding carboxylic acids is 1. The molecular formula is C22H23ClNO5+. The SMILES string of the molecule is CC[NH+](CC)Cc1c(O)ccc2c1OC(=Cc1cc(Cl)cc3c1OCOC3)C2=O. The summed E-state index contributed by atoms with van der Waals surface area (Å²) in [6, 6.07) is 6.68. The van der Waals surface area contributed by atoms with Crippen molar-refractivity contribution in [3.05, 3.63) is 57.3 Å². The summed E-state index contributed by atoms with van der Waals surface area (Å²) in [4.78, 5) is 14.2. The van der Waals surface area contributed by atoms with E-state index in [9.17, 15) is 9.90 Å². The minimum Gasteiger partial charge on any atom is -0.507 e. The smallest absolute Gasteiger partial charge is 0.231 e. The van der Waals surface area contributed by atoms with E-state index in [1.54, 1.807) is 30.3 Å². The molecule has 0 aliphatic carbocycles. The number of fused-ring (bicyclic) bond motifs is 2. The van der Waals surface area contributed by atoms with Crippen LogP contribution in [0, 0.1) is 0 Å². The number of quaternary nitrogens is 1. The second-order valence-corrected chi connectivity index (χ2v) is 7.54. The van der Waals surface area contributed by atoms with Crippen LogP contribution in [0.4, 0.5) is 0 Å². The number of rotatable bonds is 5. The van der Waals surface area contributed by atoms with E-state index in [1.807, 2.05) is 0 Å². The van der Waals surface area contributed by atoms with Crippen LogP contribution < -0.4 is 14.4 Å². The Labute approximate surface area is 174 Å². The quantitative estimate of drug-likeness (QED) is 0.733. The van der Waals surface area contributed by atoms with Gasteiger partial charge in [-0.15, -0.1) is 0 Å². The summed E-state index contributed by atoms with van der Waals surface area (Å²) >= 11 is 6.23. The van der Waals surface area contributed by atoms with Gasteiger partial charge < -0.3 is 24.2 Å². The molecule has 152 valence electrons. The Bertz CT molecular complexity index is 997. The van der Waals surface area contributed by atoms with Crippen molar-refractivity contribution in [2.45, 2.75) is 27.0 Å². The van der Waals surface area contributed by atoms with Gasteiger partial charge in [0.25, 0.3) is 0 Å². The number of halogens is 1. The van der Waals surface area contributed by atoms with Crippen LogP contribution in [0.5, 0.6) is 17.2 Å². The van der Waals surface area contributed by atoms with E-state index in [0.717, 1.165) is 18.7 Å². The molecule has 0 bridgehead atoms. The van der Waals surface area contributed by atoms with E-state index in [0.29, 0.717) is 46.4 Å². The molecule has 0 aromatic heterocycles. The van der Waals surface area contributed by atoms with E-state index in [2.05, 4.69) is 13.8 Å². The number of Topliss-reactive ketones (excluding diaryl/α,β-unsaturated/α-hetero) is 1. The fraction of sp³-hybridized carbons (Fsp3) is 0.318. The van der Waals surface area contributed by atoms with Crippen LogP contribution in [0.1, 0.15) is 40.9 Å². The van der Waals surface area contributed by atoms with Gasteiger partial charge in [-0.2, -0.15) is 0 Å². The van der Waals surface area contributed by atoms with Crippen molar-refractivity contribution >= 4 is 23.5 Å². The van der Waals surface area contributed by atoms with Crippen molar-refractivity contribution in [1.82, 2.24) is 0 Å². The number of ether oxygens (including phenoxy) is 3. The molecule has 0 fully saturated rings. The normalized spacial score (nSPS) is 16.6. The van der Waals surface area contributed by atoms with Gasteiger partial charge in [0.2, 0.25) is 5.78 Å². The van der Waals surface area contributed by atoms with Gasteiger partial charge in [0.05, 0.1) is 30.8 Å². The van der Waals surface area contributed by atoms with E-state index < -0.39 is 0 Å². The Balaban J connectivity index is 1.73. The third-order valence-corrected chi connectivity index (χ3v) is 5.55. The van der Waals surface area contributed by atoms with E-state index in [4.69, 9.17) is 25.8 Å². The second kappa shape index (κ2) is 8.06. The fourth-order valence-corrected chi connectivity index (χ4v) is 3.92. The lowest BCUT2D eigenvalue weighted by molar-refractivity contribution is -0.910. The maximum Gasteiger partial charge on any atom is 0.231 e. The summed E-state index contributed by atoms with van der Waals surface area (Å²) < 4.78 is 16.9. The molecule has 0 saturated carbocycles. The molecule has 2 aromatic carbocycles. The Kier molecular flexibility index (Phi) is 5.50. The number of phenolic OH excluding ortho intramolecular Hbond substituents is 1. The molecule has 2 aliphatic rings. The van der Waals surface area contributed by atoms with Gasteiger partial charge in [0, 0.05) is 16.1 Å². The third kappa shape index (κ3) is 3.71. The first-order chi connectivity index (χ1) is 14.0. The van der Waals surface area contributed by atoms with Gasteiger partial charge in [0.15, 0.2) is 18.3 Å². The van der Waals surface area contributed by atoms with Crippen molar-refractivity contribution in [3.8, 4) is 17.2 Å². The first-order valence-electron chi connectivity index (χ1n) is 9.67. The molecule has 0 saturated heterocycles. The lowest BCUT2D eigenvalue weighted by Gasteiger charge is -2.20. The Morgan fingerprint density at radius 2 is 2.00 bits per heavy atom. The molecule has 6 nitrogen and oxygen atoms in total. The van der Waals surface area contributed by atoms with E-state index in [-0.39, 0.29) is 24.1 Å². The van der Waals surface area contributed by atoms with Crippen LogP contribution in [0.25, 0.3) is 6.08 Å². The maximum atomic E-state index is 13.0. The molecule has 0 spiro atoms. The molecule has 2 aliphatic heterocycles. The average Bonchev–Trinajstić information content (AvgIpc) is 3.03. The summed E-state index contributed by atoms with van der Waals surface area (Å²) in [6.45, 7) is 7.10. The number of hydrogen-bond donors (Lipinski definition) is 2. The molecule has 0 amide bonds. The van der Waals surface area contributed by atoms with E-state index >= 15 is 0 Å². The van der Waals surface area contributed by atoms with Crippen LogP contribution in [-0.4, -0.2) is 30.8 Å². The van der Waals surface area contributed by atoms with Gasteiger partial charge in [-0.1, -0.05) is 11.6 Å². The Morgan fingerprint density at radius 1 is 1.21 bits per heavy atom. The Hall–Kier alpha value is -2.54. The number of benzene rings is 2. The lowest BCUT2D eigenvalue weighted by atomic mass is 10.0. The number of nitrogens with one attached hydrogen (secondary N) is 1. The summed E-state index contributed by atoms with van der Waals surface area (Å²) in [5.41, 5.74) is 2.58. The van der Waals surface area contributed by atoms with Gasteiger partial charge in [-0.3, -0.25) is 4.79 Å². The minimum absolute atomic E-state index is 0.137. The third-order valence-electron chi connectivity index (χ3n) is 5.33. The fourth-order valence-electron chi connectivity index (χ4n) is 3.67. The predicted octanol–water partition coefficient (Wildman–Crippen LogP) is 2.95. The molecule has 2 aromatic rings. The van der Waals surface area contributed by atoms with Crippen LogP contribution in [0.2, 0.25) is 5.02 Å². The number of phenols is 1. The first-order valence-corrected chi connectivity index (χ1v) is 10.0. The largest absolute Gasteiger partial charge is 0.507 e. The van der Waals surface area contributed by atoms with Crippen LogP contribution >= 0.6 is 11.6 Å². The zero-order valence-corrected chi connectivity index (χ0v) is 17.1. The second-order valence-electron chi connectivity index (χ2n) is 7.11. The van der Waals surface area contributed by atoms with Crippen molar-refractivity contribution in [1.29, 1.82) is 0 Å². The number of ketones is 1. The maximum absolute atomic E-state index is 13.0. The molecule has 2 N–H and O–H groups in total. The Morgan fingerprint density at radius 3 is 2.76 bits per heavy atom. The average molecular weight is 417 g/mol. The number of allylic oxidation sites excluding steroid dienone is 1. The van der Waals surface area contributed by atoms with Crippen LogP contribution in [-0.2, 0) is 17.9 Å². The molecule has 2 heterocycles. The zero-order valence-electron chi connectivity index (χ0n) is 16.4. The van der Waals surface area contributed by atoms with Crippen molar-refractivity contribution in [2.24, 2.45) is 0 Å². The molecule has 0 radical (unpaired) electrons. The highest BCUT2D eigenvalue weighted by Crippen LogP contribution is 2.40. The first kappa shape index (κ1) is 19.8. The molecule has 7 heteroatoms. The zero-order chi connectivity index (χ0) is 20.5. The van der Waals surface area contributed by atoms with E-state index in [1.165, 1.54) is 4.90 Å². The number of aromatic hydroxyl groups is 1. The van der Waals surface area contributed by atoms with Gasteiger partial charge in [-0.05, 0) is 44.2 Å². The minimum atomic E-state index is -0.225. The lowest BCUT2D eigenvalue weighted by Crippen LogP contribution is -3.10. The van der Waals surface area contributed by atoms with Crippen molar-refractivity contribution < 1.29 is 29.0 Å². The number of carbonyl (C=O) groups is 1. The number of hydrogen-bond acceptors (Lipinski definition) is 5. The van der Waals surface area contributed by atoms with Crippen LogP contribution in [0.15, 0.2) is 30.0 Å². The standard InChI is InChI=1S/C22H22ClNO5/c1-3-24(4-2)10-17-18(25)6-5-16-20(26)19(29-22(16)17)9-13-7-15(23)8-14-11-27-12-28-21(13)14/h5-9,25H,3-4,10-12H2,1-2H3/p+1. The molecular weight excluding hydrogens is 394 g/mol. The molecule has 29 heavy (non-hydrogen) atoms. The van der Waals surface area contributed by atoms with Gasteiger partial charge >= 0.3 is 0 Å². The van der Waals surface area contributed by atoms with Crippen LogP contribution in [0.3, 0.4) is 0 Å². The van der Waals surface area contributed by atoms with Gasteiger partial charge in [-0.25, -0.2) is 0 Å². The van der Waals surface area contributed by atoms with Crippen molar-refractivity contribution in [3.63, 3.8) is 0 Å². The summed E-state index contributed by atoms with van der Waals surface area (Å²) in [7, 11) is 0. The summed E-state index contributed by atoms with van der Waals surface area (Å²) in [6.07, 6.45) is 1.64. The molecule has 4 rings (SSSR count). The van der Waals surface area contributed by atoms with Crippen molar-refractivity contribution in [2.75, 3.05) is 19.9 Å². The monoisotopic (exact) mass is 416 g/mol. The molecule has 0 unspecified atom stereocenters. The topological polar surface area (TPSA) is 69.4 Å². The highest BCUT2D eigenvalue weighted by molar-refractivity contribution is 6.31.